The Balaban J connectivity index is 1.60. The fourth-order valence-electron chi connectivity index (χ4n) is 13.0. The van der Waals surface area contributed by atoms with Crippen molar-refractivity contribution in [1.29, 1.82) is 0 Å². The average molecular weight is 1380 g/mol. The first-order chi connectivity index (χ1) is 48.1. The maximum atomic E-state index is 13.4. The van der Waals surface area contributed by atoms with Gasteiger partial charge in [0.05, 0.1) is 32.0 Å². The number of nitrogens with one attached hydrogen (secondary N) is 1. The topological polar surface area (TPSA) is 228 Å². The van der Waals surface area contributed by atoms with Gasteiger partial charge in [-0.2, -0.15) is 0 Å². The summed E-state index contributed by atoms with van der Waals surface area (Å²) in [6.45, 7) is 2.79. The summed E-state index contributed by atoms with van der Waals surface area (Å²) in [5.74, 6) is -0.206. The number of ether oxygens (including phenoxy) is 4. The van der Waals surface area contributed by atoms with E-state index in [2.05, 4.69) is 116 Å². The van der Waals surface area contributed by atoms with E-state index in [1.54, 1.807) is 0 Å². The fraction of sp³-hybridized carbons (Fsp3) is 0.798. The van der Waals surface area contributed by atoms with Gasteiger partial charge in [-0.1, -0.05) is 349 Å². The van der Waals surface area contributed by atoms with Gasteiger partial charge in [-0.3, -0.25) is 4.79 Å². The van der Waals surface area contributed by atoms with Crippen molar-refractivity contribution < 1.29 is 64.6 Å². The quantitative estimate of drug-likeness (QED) is 0.0204. The van der Waals surface area contributed by atoms with Crippen LogP contribution in [0.4, 0.5) is 0 Å². The van der Waals surface area contributed by atoms with Gasteiger partial charge in [0.15, 0.2) is 12.6 Å². The van der Waals surface area contributed by atoms with Crippen molar-refractivity contribution in [2.24, 2.45) is 0 Å². The second-order valence-electron chi connectivity index (χ2n) is 28.2. The van der Waals surface area contributed by atoms with Crippen LogP contribution in [0, 0.1) is 0 Å². The van der Waals surface area contributed by atoms with Crippen LogP contribution in [0.1, 0.15) is 335 Å². The first kappa shape index (κ1) is 91.0. The highest BCUT2D eigenvalue weighted by Gasteiger charge is 2.51. The van der Waals surface area contributed by atoms with E-state index in [9.17, 15) is 45.6 Å². The molecule has 0 spiro atoms. The molecule has 2 fully saturated rings. The number of hydrogen-bond donors (Lipinski definition) is 9. The van der Waals surface area contributed by atoms with E-state index in [4.69, 9.17) is 18.9 Å². The van der Waals surface area contributed by atoms with Crippen molar-refractivity contribution >= 4 is 5.91 Å². The monoisotopic (exact) mass is 1380 g/mol. The lowest BCUT2D eigenvalue weighted by Crippen LogP contribution is -2.65. The molecule has 2 aliphatic rings. The zero-order chi connectivity index (χ0) is 70.8. The lowest BCUT2D eigenvalue weighted by atomic mass is 9.97. The Kier molecular flexibility index (Phi) is 62.3. The molecule has 2 rings (SSSR count). The molecule has 0 bridgehead atoms. The largest absolute Gasteiger partial charge is 0.394 e. The molecule has 1 amide bonds. The van der Waals surface area contributed by atoms with Crippen molar-refractivity contribution in [3.8, 4) is 0 Å². The van der Waals surface area contributed by atoms with E-state index in [1.807, 2.05) is 0 Å². The van der Waals surface area contributed by atoms with Crippen molar-refractivity contribution in [3.63, 3.8) is 0 Å². The number of carbonyl (C=O) groups is 1. The first-order valence-electron chi connectivity index (χ1n) is 40.5. The number of carbonyl (C=O) groups excluding carboxylic acids is 1. The molecule has 2 heterocycles. The zero-order valence-corrected chi connectivity index (χ0v) is 62.3. The van der Waals surface area contributed by atoms with Crippen LogP contribution >= 0.6 is 0 Å². The molecule has 12 atom stereocenters. The van der Waals surface area contributed by atoms with Crippen LogP contribution in [0.3, 0.4) is 0 Å². The van der Waals surface area contributed by atoms with Crippen molar-refractivity contribution in [2.45, 2.75) is 408 Å². The molecule has 12 unspecified atom stereocenters. The van der Waals surface area contributed by atoms with Gasteiger partial charge in [0, 0.05) is 6.42 Å². The lowest BCUT2D eigenvalue weighted by molar-refractivity contribution is -0.359. The van der Waals surface area contributed by atoms with E-state index >= 15 is 0 Å². The summed E-state index contributed by atoms with van der Waals surface area (Å²) in [4.78, 5) is 13.4. The van der Waals surface area contributed by atoms with E-state index < -0.39 is 86.8 Å². The molecule has 0 aromatic carbocycles. The van der Waals surface area contributed by atoms with Crippen LogP contribution in [0.2, 0.25) is 0 Å². The summed E-state index contributed by atoms with van der Waals surface area (Å²) in [5, 5.41) is 87.9. The van der Waals surface area contributed by atoms with Gasteiger partial charge in [0.1, 0.15) is 48.8 Å². The van der Waals surface area contributed by atoms with Crippen LogP contribution in [-0.2, 0) is 23.7 Å². The molecule has 14 heteroatoms. The van der Waals surface area contributed by atoms with Crippen LogP contribution in [0.15, 0.2) is 97.2 Å². The Bertz CT molecular complexity index is 2020. The summed E-state index contributed by atoms with van der Waals surface area (Å²) in [7, 11) is 0. The number of aliphatic hydroxyl groups excluding tert-OH is 8. The smallest absolute Gasteiger partial charge is 0.220 e. The molecular weight excluding hydrogens is 1230 g/mol. The van der Waals surface area contributed by atoms with E-state index in [1.165, 1.54) is 205 Å². The molecule has 0 saturated carbocycles. The summed E-state index contributed by atoms with van der Waals surface area (Å²) in [6, 6.07) is -0.836. The molecule has 0 aliphatic carbocycles. The molecule has 0 radical (unpaired) electrons. The van der Waals surface area contributed by atoms with Crippen LogP contribution < -0.4 is 5.32 Å². The van der Waals surface area contributed by atoms with Crippen molar-refractivity contribution in [2.75, 3.05) is 19.8 Å². The highest BCUT2D eigenvalue weighted by Crippen LogP contribution is 2.30. The molecular formula is C84H149NO13. The third-order valence-corrected chi connectivity index (χ3v) is 19.3. The van der Waals surface area contributed by atoms with E-state index in [0.29, 0.717) is 12.8 Å². The third kappa shape index (κ3) is 49.5. The SMILES string of the molecule is CC/C=C\C/C=C\C/C=C\C/C=C\C/C=C\C/C=C\C/C=C\C/C=C\CCCCCCCCCCCCCCCCC(=O)NC(COC1OC(CO)C(OC2OC(CO)C(O)C(O)C2O)C(O)C1O)C(O)CCCCCCCCCCCCCCCCCCCCCCCCCCC. The van der Waals surface area contributed by atoms with Gasteiger partial charge >= 0.3 is 0 Å². The van der Waals surface area contributed by atoms with Crippen LogP contribution in [-0.4, -0.2) is 140 Å². The van der Waals surface area contributed by atoms with Crippen molar-refractivity contribution in [1.82, 2.24) is 5.32 Å². The predicted octanol–water partition coefficient (Wildman–Crippen LogP) is 18.5. The summed E-state index contributed by atoms with van der Waals surface area (Å²) >= 11 is 0. The zero-order valence-electron chi connectivity index (χ0n) is 62.3. The van der Waals surface area contributed by atoms with Gasteiger partial charge in [-0.05, 0) is 77.0 Å². The van der Waals surface area contributed by atoms with E-state index in [0.717, 1.165) is 103 Å². The summed E-state index contributed by atoms with van der Waals surface area (Å²) in [5.41, 5.74) is 0. The first-order valence-corrected chi connectivity index (χ1v) is 40.5. The highest BCUT2D eigenvalue weighted by atomic mass is 16.7. The number of aliphatic hydroxyl groups is 8. The van der Waals surface area contributed by atoms with Gasteiger partial charge in [-0.25, -0.2) is 0 Å². The molecule has 9 N–H and O–H groups in total. The number of rotatable bonds is 67. The summed E-state index contributed by atoms with van der Waals surface area (Å²) in [6.07, 6.45) is 78.6. The molecule has 2 aliphatic heterocycles. The highest BCUT2D eigenvalue weighted by molar-refractivity contribution is 5.76. The third-order valence-electron chi connectivity index (χ3n) is 19.3. The second kappa shape index (κ2) is 67.1. The molecule has 0 aromatic rings. The molecule has 0 aromatic heterocycles. The standard InChI is InChI=1S/C84H149NO13/c1-3-5-7-9-11-13-15-17-19-21-23-25-27-29-30-31-32-33-34-35-36-37-38-39-40-41-42-44-46-48-50-52-54-56-58-60-62-64-66-68-76(89)85-72(71-95-83-81(94)79(92)82(75(70-87)97-83)98-84-80(93)78(91)77(90)74(69-86)96-84)73(88)67-65-63-61-59-57-55-53-51-49-47-45-43-28-26-24-22-20-18-16-14-12-10-8-6-4-2/h5,7,11,13,17,19,23,25,29-30,32-33,35-36,38-39,72-75,77-84,86-88,90-94H,3-4,6,8-10,12,14-16,18,20-22,24,26-28,31,34,37,40-71H2,1-2H3,(H,85,89)/b7-5-,13-11-,19-17-,25-23-,30-29-,33-32-,36-35-,39-38-. The molecule has 14 nitrogen and oxygen atoms in total. The maximum Gasteiger partial charge on any atom is 0.220 e. The lowest BCUT2D eigenvalue weighted by Gasteiger charge is -2.46. The Morgan fingerprint density at radius 1 is 0.378 bits per heavy atom. The fourth-order valence-corrected chi connectivity index (χ4v) is 13.0. The minimum Gasteiger partial charge on any atom is -0.394 e. The minimum absolute atomic E-state index is 0.206. The number of allylic oxidation sites excluding steroid dienone is 16. The Morgan fingerprint density at radius 2 is 0.704 bits per heavy atom. The maximum absolute atomic E-state index is 13.4. The molecule has 2 saturated heterocycles. The van der Waals surface area contributed by atoms with Gasteiger partial charge in [0.2, 0.25) is 5.91 Å². The average Bonchev–Trinajstić information content (AvgIpc) is 0.793. The van der Waals surface area contributed by atoms with Gasteiger partial charge < -0.3 is 65.1 Å². The summed E-state index contributed by atoms with van der Waals surface area (Å²) < 4.78 is 23.0. The number of amides is 1. The normalized spacial score (nSPS) is 22.6. The number of hydrogen-bond acceptors (Lipinski definition) is 13. The van der Waals surface area contributed by atoms with Gasteiger partial charge in [-0.15, -0.1) is 0 Å². The number of unbranched alkanes of at least 4 members (excludes halogenated alkanes) is 38. The van der Waals surface area contributed by atoms with Crippen LogP contribution in [0.5, 0.6) is 0 Å². The Hall–Kier alpha value is -3.09. The minimum atomic E-state index is -1.79. The second-order valence-corrected chi connectivity index (χ2v) is 28.2. The molecule has 98 heavy (non-hydrogen) atoms. The predicted molar refractivity (Wildman–Crippen MR) is 406 cm³/mol. The van der Waals surface area contributed by atoms with Crippen molar-refractivity contribution in [3.05, 3.63) is 97.2 Å². The van der Waals surface area contributed by atoms with E-state index in [-0.39, 0.29) is 12.5 Å². The molecule has 568 valence electrons. The van der Waals surface area contributed by atoms with Crippen LogP contribution in [0.25, 0.3) is 0 Å². The van der Waals surface area contributed by atoms with Gasteiger partial charge in [0.25, 0.3) is 0 Å². The Labute approximate surface area is 598 Å². The Morgan fingerprint density at radius 3 is 1.08 bits per heavy atom.